The number of fused-ring (bicyclic) bond motifs is 5. The average Bonchev–Trinajstić information content (AvgIpc) is 2.66. The summed E-state index contributed by atoms with van der Waals surface area (Å²) in [6.45, 7) is 10.7. The van der Waals surface area contributed by atoms with Crippen LogP contribution >= 0.6 is 0 Å². The summed E-state index contributed by atoms with van der Waals surface area (Å²) in [5, 5.41) is 10.4. The highest BCUT2D eigenvalue weighted by atomic mass is 16.5. The molecule has 3 fully saturated rings. The van der Waals surface area contributed by atoms with Crippen molar-refractivity contribution in [2.45, 2.75) is 39.2 Å². The lowest BCUT2D eigenvalue weighted by molar-refractivity contribution is -0.143. The Labute approximate surface area is 108 Å². The molecule has 0 amide bonds. The first-order valence-corrected chi connectivity index (χ1v) is 6.85. The molecule has 1 N–H and O–H groups in total. The Hall–Kier alpha value is -0.830. The molecule has 18 heavy (non-hydrogen) atoms. The molecule has 0 aromatic carbocycles. The highest BCUT2D eigenvalue weighted by Gasteiger charge is 2.65. The van der Waals surface area contributed by atoms with E-state index in [9.17, 15) is 9.90 Å². The first kappa shape index (κ1) is 12.2. The predicted octanol–water partition coefficient (Wildman–Crippen LogP) is 2.15. The van der Waals surface area contributed by atoms with Gasteiger partial charge in [0, 0.05) is 5.92 Å². The van der Waals surface area contributed by atoms with Crippen molar-refractivity contribution in [3.8, 4) is 0 Å². The Morgan fingerprint density at radius 1 is 1.44 bits per heavy atom. The first-order valence-electron chi connectivity index (χ1n) is 6.85. The van der Waals surface area contributed by atoms with Crippen LogP contribution in [0.25, 0.3) is 0 Å². The van der Waals surface area contributed by atoms with E-state index in [1.54, 1.807) is 0 Å². The fourth-order valence-corrected chi connectivity index (χ4v) is 4.62. The third-order valence-electron chi connectivity index (χ3n) is 5.77. The summed E-state index contributed by atoms with van der Waals surface area (Å²) in [5.74, 6) is 0.352. The summed E-state index contributed by atoms with van der Waals surface area (Å²) in [6, 6.07) is 0. The monoisotopic (exact) mass is 250 g/mol. The molecule has 5 atom stereocenters. The average molecular weight is 250 g/mol. The molecule has 2 unspecified atom stereocenters. The lowest BCUT2D eigenvalue weighted by atomic mass is 9.63. The minimum absolute atomic E-state index is 0.0310. The van der Waals surface area contributed by atoms with E-state index in [0.717, 1.165) is 12.8 Å². The second-order valence-corrected chi connectivity index (χ2v) is 7.03. The molecule has 3 heteroatoms. The number of rotatable bonds is 1. The maximum atomic E-state index is 12.0. The SMILES string of the molecule is C=C1C2[C@H]3C(=O)OC[C@H]3C1(C)CC[C@@H]2C(C)(C)O. The van der Waals surface area contributed by atoms with Crippen LogP contribution in [0.1, 0.15) is 33.6 Å². The number of carbonyl (C=O) groups is 1. The van der Waals surface area contributed by atoms with Crippen molar-refractivity contribution in [3.63, 3.8) is 0 Å². The number of hydrogen-bond acceptors (Lipinski definition) is 3. The quantitative estimate of drug-likeness (QED) is 0.573. The van der Waals surface area contributed by atoms with Crippen molar-refractivity contribution >= 4 is 5.97 Å². The summed E-state index contributed by atoms with van der Waals surface area (Å²) in [7, 11) is 0. The first-order chi connectivity index (χ1) is 8.27. The normalized spacial score (nSPS) is 47.1. The topological polar surface area (TPSA) is 46.5 Å². The van der Waals surface area contributed by atoms with Crippen molar-refractivity contribution < 1.29 is 14.6 Å². The Bertz CT molecular complexity index is 420. The third-order valence-corrected chi connectivity index (χ3v) is 5.77. The molecular formula is C15H22O3. The minimum Gasteiger partial charge on any atom is -0.465 e. The van der Waals surface area contributed by atoms with E-state index in [0.29, 0.717) is 6.61 Å². The van der Waals surface area contributed by atoms with E-state index in [-0.39, 0.29) is 35.1 Å². The second-order valence-electron chi connectivity index (χ2n) is 7.03. The molecule has 3 rings (SSSR count). The molecule has 2 aliphatic carbocycles. The lowest BCUT2D eigenvalue weighted by Crippen LogP contribution is -2.42. The second kappa shape index (κ2) is 3.38. The van der Waals surface area contributed by atoms with Crippen LogP contribution in [0.2, 0.25) is 0 Å². The standard InChI is InChI=1S/C15H22O3/c1-8-11-9(14(2,3)17)5-6-15(8,4)10-7-18-13(16)12(10)11/h9-12,17H,1,5-7H2,2-4H3/t9-,10+,11?,12-,15?/m0/s1. The molecule has 2 bridgehead atoms. The Balaban J connectivity index is 2.06. The van der Waals surface area contributed by atoms with Gasteiger partial charge in [-0.3, -0.25) is 4.79 Å². The van der Waals surface area contributed by atoms with E-state index in [4.69, 9.17) is 4.74 Å². The lowest BCUT2D eigenvalue weighted by Gasteiger charge is -2.43. The zero-order valence-corrected chi connectivity index (χ0v) is 11.4. The van der Waals surface area contributed by atoms with Gasteiger partial charge in [-0.15, -0.1) is 0 Å². The molecule has 3 nitrogen and oxygen atoms in total. The summed E-state index contributed by atoms with van der Waals surface area (Å²) in [6.07, 6.45) is 1.98. The number of esters is 1. The third kappa shape index (κ3) is 1.31. The van der Waals surface area contributed by atoms with Gasteiger partial charge < -0.3 is 9.84 Å². The van der Waals surface area contributed by atoms with Gasteiger partial charge >= 0.3 is 5.97 Å². The van der Waals surface area contributed by atoms with Crippen molar-refractivity contribution in [3.05, 3.63) is 12.2 Å². The molecule has 0 spiro atoms. The van der Waals surface area contributed by atoms with Gasteiger partial charge in [-0.1, -0.05) is 19.1 Å². The number of carbonyl (C=O) groups excluding carboxylic acids is 1. The highest BCUT2D eigenvalue weighted by molar-refractivity contribution is 5.77. The van der Waals surface area contributed by atoms with E-state index < -0.39 is 5.60 Å². The van der Waals surface area contributed by atoms with Gasteiger partial charge in [0.2, 0.25) is 0 Å². The molecular weight excluding hydrogens is 228 g/mol. The van der Waals surface area contributed by atoms with Crippen LogP contribution in [0.4, 0.5) is 0 Å². The highest BCUT2D eigenvalue weighted by Crippen LogP contribution is 2.65. The van der Waals surface area contributed by atoms with Crippen LogP contribution in [0.15, 0.2) is 12.2 Å². The molecule has 2 saturated carbocycles. The van der Waals surface area contributed by atoms with E-state index in [1.807, 2.05) is 13.8 Å². The fourth-order valence-electron chi connectivity index (χ4n) is 4.62. The smallest absolute Gasteiger partial charge is 0.310 e. The maximum absolute atomic E-state index is 12.0. The molecule has 100 valence electrons. The maximum Gasteiger partial charge on any atom is 0.310 e. The molecule has 3 aliphatic rings. The van der Waals surface area contributed by atoms with Crippen LogP contribution < -0.4 is 0 Å². The van der Waals surface area contributed by atoms with Crippen LogP contribution in [-0.2, 0) is 9.53 Å². The fraction of sp³-hybridized carbons (Fsp3) is 0.800. The van der Waals surface area contributed by atoms with Gasteiger partial charge in [0.05, 0.1) is 18.1 Å². The molecule has 0 aromatic rings. The number of cyclic esters (lactones) is 1. The van der Waals surface area contributed by atoms with Crippen molar-refractivity contribution in [1.29, 1.82) is 0 Å². The summed E-state index contributed by atoms with van der Waals surface area (Å²) in [5.41, 5.74) is 0.447. The van der Waals surface area contributed by atoms with Crippen molar-refractivity contribution in [2.75, 3.05) is 6.61 Å². The van der Waals surface area contributed by atoms with Gasteiger partial charge in [-0.25, -0.2) is 0 Å². The molecule has 1 heterocycles. The van der Waals surface area contributed by atoms with E-state index in [2.05, 4.69) is 13.5 Å². The van der Waals surface area contributed by atoms with E-state index in [1.165, 1.54) is 5.57 Å². The van der Waals surface area contributed by atoms with Crippen molar-refractivity contribution in [2.24, 2.45) is 29.1 Å². The number of aliphatic hydroxyl groups is 1. The summed E-state index contributed by atoms with van der Waals surface area (Å²) < 4.78 is 5.27. The predicted molar refractivity (Wildman–Crippen MR) is 67.7 cm³/mol. The summed E-state index contributed by atoms with van der Waals surface area (Å²) >= 11 is 0. The molecule has 1 saturated heterocycles. The van der Waals surface area contributed by atoms with Crippen LogP contribution in [-0.4, -0.2) is 23.3 Å². The zero-order chi connectivity index (χ0) is 13.3. The Morgan fingerprint density at radius 2 is 2.11 bits per heavy atom. The van der Waals surface area contributed by atoms with Gasteiger partial charge in [-0.05, 0) is 43.9 Å². The molecule has 0 aromatic heterocycles. The minimum atomic E-state index is -0.757. The number of ether oxygens (including phenoxy) is 1. The Morgan fingerprint density at radius 3 is 2.72 bits per heavy atom. The van der Waals surface area contributed by atoms with Crippen molar-refractivity contribution in [1.82, 2.24) is 0 Å². The zero-order valence-electron chi connectivity index (χ0n) is 11.4. The van der Waals surface area contributed by atoms with E-state index >= 15 is 0 Å². The van der Waals surface area contributed by atoms with Crippen LogP contribution in [0.3, 0.4) is 0 Å². The van der Waals surface area contributed by atoms with Gasteiger partial charge in [0.1, 0.15) is 0 Å². The number of allylic oxidation sites excluding steroid dienone is 1. The van der Waals surface area contributed by atoms with Gasteiger partial charge in [0.25, 0.3) is 0 Å². The molecule has 0 radical (unpaired) electrons. The largest absolute Gasteiger partial charge is 0.465 e. The Kier molecular flexibility index (Phi) is 2.30. The van der Waals surface area contributed by atoms with Crippen LogP contribution in [0, 0.1) is 29.1 Å². The summed E-state index contributed by atoms with van der Waals surface area (Å²) in [4.78, 5) is 12.0. The van der Waals surface area contributed by atoms with Gasteiger partial charge in [-0.2, -0.15) is 0 Å². The molecule has 1 aliphatic heterocycles. The number of hydrogen-bond donors (Lipinski definition) is 1. The van der Waals surface area contributed by atoms with Gasteiger partial charge in [0.15, 0.2) is 0 Å². The van der Waals surface area contributed by atoms with Crippen LogP contribution in [0.5, 0.6) is 0 Å².